The Hall–Kier alpha value is -0.180. The molecule has 0 spiro atoms. The Balaban J connectivity index is 1.86. The van der Waals surface area contributed by atoms with E-state index in [-0.39, 0.29) is 18.1 Å². The summed E-state index contributed by atoms with van der Waals surface area (Å²) in [5, 5.41) is 9.89. The molecule has 1 N–H and O–H groups in total. The first-order chi connectivity index (χ1) is 10.4. The number of likely N-dealkylation sites (tertiary alicyclic amines) is 1. The Morgan fingerprint density at radius 3 is 2.82 bits per heavy atom. The summed E-state index contributed by atoms with van der Waals surface area (Å²) in [6, 6.07) is 3.26. The highest BCUT2D eigenvalue weighted by Crippen LogP contribution is 2.43. The zero-order valence-corrected chi connectivity index (χ0v) is 14.9. The van der Waals surface area contributed by atoms with Gasteiger partial charge in [0.15, 0.2) is 0 Å². The van der Waals surface area contributed by atoms with Gasteiger partial charge in [-0.2, -0.15) is 4.31 Å². The van der Waals surface area contributed by atoms with Gasteiger partial charge in [0, 0.05) is 24.5 Å². The third-order valence-corrected chi connectivity index (χ3v) is 8.68. The molecule has 0 amide bonds. The van der Waals surface area contributed by atoms with Gasteiger partial charge < -0.3 is 10.0 Å². The van der Waals surface area contributed by atoms with Crippen LogP contribution in [0.3, 0.4) is 0 Å². The van der Waals surface area contributed by atoms with Crippen LogP contribution in [0, 0.1) is 5.41 Å². The van der Waals surface area contributed by atoms with E-state index < -0.39 is 10.0 Å². The molecule has 2 aliphatic rings. The van der Waals surface area contributed by atoms with Gasteiger partial charge in [-0.25, -0.2) is 8.42 Å². The first kappa shape index (κ1) is 16.7. The molecule has 3 rings (SSSR count). The molecular weight excluding hydrogens is 344 g/mol. The number of rotatable bonds is 3. The van der Waals surface area contributed by atoms with Crippen molar-refractivity contribution >= 4 is 33.0 Å². The van der Waals surface area contributed by atoms with E-state index in [1.807, 2.05) is 7.05 Å². The minimum atomic E-state index is -3.49. The van der Waals surface area contributed by atoms with Crippen molar-refractivity contribution < 1.29 is 13.5 Å². The standard InChI is InChI=1S/C14H21ClN2O3S2/c1-16-7-2-5-14(10-18)6-8-17(9-11(14)16)22(19,20)13-4-3-12(15)21-13/h3-4,11,18H,2,5-10H2,1H3/t11-,14-/m1/s1. The van der Waals surface area contributed by atoms with Crippen LogP contribution in [0.1, 0.15) is 19.3 Å². The largest absolute Gasteiger partial charge is 0.396 e. The van der Waals surface area contributed by atoms with Crippen molar-refractivity contribution in [1.82, 2.24) is 9.21 Å². The average molecular weight is 365 g/mol. The van der Waals surface area contributed by atoms with Crippen LogP contribution in [0.5, 0.6) is 0 Å². The van der Waals surface area contributed by atoms with E-state index in [1.54, 1.807) is 16.4 Å². The van der Waals surface area contributed by atoms with Gasteiger partial charge in [-0.1, -0.05) is 11.6 Å². The van der Waals surface area contributed by atoms with E-state index in [4.69, 9.17) is 11.6 Å². The smallest absolute Gasteiger partial charge is 0.252 e. The summed E-state index contributed by atoms with van der Waals surface area (Å²) in [6.45, 7) is 1.98. The normalized spacial score (nSPS) is 31.1. The van der Waals surface area contributed by atoms with E-state index in [0.717, 1.165) is 30.7 Å². The van der Waals surface area contributed by atoms with Crippen molar-refractivity contribution in [3.8, 4) is 0 Å². The summed E-state index contributed by atoms with van der Waals surface area (Å²) in [4.78, 5) is 2.20. The SMILES string of the molecule is CN1CCC[C@]2(CO)CCN(S(=O)(=O)c3ccc(Cl)s3)C[C@@H]12. The van der Waals surface area contributed by atoms with Gasteiger partial charge >= 0.3 is 0 Å². The molecule has 8 heteroatoms. The Morgan fingerprint density at radius 1 is 1.41 bits per heavy atom. The predicted octanol–water partition coefficient (Wildman–Crippen LogP) is 1.87. The van der Waals surface area contributed by atoms with Crippen molar-refractivity contribution in [2.75, 3.05) is 33.3 Å². The molecule has 0 aliphatic carbocycles. The number of aliphatic hydroxyl groups is 1. The van der Waals surface area contributed by atoms with E-state index in [9.17, 15) is 13.5 Å². The van der Waals surface area contributed by atoms with E-state index >= 15 is 0 Å². The summed E-state index contributed by atoms with van der Waals surface area (Å²) in [5.41, 5.74) is -0.161. The maximum absolute atomic E-state index is 12.8. The Labute approximate surface area is 140 Å². The molecule has 2 aliphatic heterocycles. The topological polar surface area (TPSA) is 60.9 Å². The van der Waals surface area contributed by atoms with Crippen LogP contribution in [0.25, 0.3) is 0 Å². The minimum absolute atomic E-state index is 0.0743. The number of fused-ring (bicyclic) bond motifs is 1. The molecule has 2 saturated heterocycles. The highest BCUT2D eigenvalue weighted by atomic mass is 35.5. The van der Waals surface area contributed by atoms with Gasteiger partial charge in [-0.3, -0.25) is 0 Å². The van der Waals surface area contributed by atoms with Crippen LogP contribution in [0.4, 0.5) is 0 Å². The van der Waals surface area contributed by atoms with E-state index in [2.05, 4.69) is 4.90 Å². The van der Waals surface area contributed by atoms with Crippen molar-refractivity contribution in [1.29, 1.82) is 0 Å². The summed E-state index contributed by atoms with van der Waals surface area (Å²) < 4.78 is 27.9. The first-order valence-corrected chi connectivity index (χ1v) is 10.1. The molecule has 0 bridgehead atoms. The Kier molecular flexibility index (Phi) is 4.57. The van der Waals surface area contributed by atoms with Crippen molar-refractivity contribution in [2.24, 2.45) is 5.41 Å². The number of halogens is 1. The molecule has 5 nitrogen and oxygen atoms in total. The van der Waals surface area contributed by atoms with Crippen LogP contribution >= 0.6 is 22.9 Å². The summed E-state index contributed by atoms with van der Waals surface area (Å²) in [5.74, 6) is 0. The van der Waals surface area contributed by atoms with Crippen LogP contribution in [0.15, 0.2) is 16.3 Å². The van der Waals surface area contributed by atoms with Crippen molar-refractivity contribution in [3.63, 3.8) is 0 Å². The highest BCUT2D eigenvalue weighted by molar-refractivity contribution is 7.91. The first-order valence-electron chi connectivity index (χ1n) is 7.46. The fourth-order valence-corrected chi connectivity index (χ4v) is 6.86. The average Bonchev–Trinajstić information content (AvgIpc) is 2.94. The lowest BCUT2D eigenvalue weighted by Crippen LogP contribution is -2.62. The number of thiophene rings is 1. The summed E-state index contributed by atoms with van der Waals surface area (Å²) in [7, 11) is -1.47. The molecule has 0 aromatic carbocycles. The Bertz CT molecular complexity index is 648. The second kappa shape index (κ2) is 6.03. The molecule has 124 valence electrons. The summed E-state index contributed by atoms with van der Waals surface area (Å²) >= 11 is 6.97. The maximum atomic E-state index is 12.8. The second-order valence-corrected chi connectivity index (χ2v) is 10.2. The lowest BCUT2D eigenvalue weighted by molar-refractivity contribution is -0.0508. The van der Waals surface area contributed by atoms with Crippen LogP contribution in [0.2, 0.25) is 4.34 Å². The predicted molar refractivity (Wildman–Crippen MR) is 87.9 cm³/mol. The lowest BCUT2D eigenvalue weighted by Gasteiger charge is -2.53. The van der Waals surface area contributed by atoms with Gasteiger partial charge in [0.2, 0.25) is 0 Å². The molecule has 3 heterocycles. The van der Waals surface area contributed by atoms with Gasteiger partial charge in [-0.05, 0) is 45.0 Å². The number of aliphatic hydroxyl groups excluding tert-OH is 1. The van der Waals surface area contributed by atoms with Gasteiger partial charge in [0.1, 0.15) is 4.21 Å². The number of likely N-dealkylation sites (N-methyl/N-ethyl adjacent to an activating group) is 1. The third-order valence-electron chi connectivity index (χ3n) is 5.12. The lowest BCUT2D eigenvalue weighted by atomic mass is 9.69. The number of sulfonamides is 1. The van der Waals surface area contributed by atoms with Gasteiger partial charge in [-0.15, -0.1) is 11.3 Å². The van der Waals surface area contributed by atoms with E-state index in [1.165, 1.54) is 0 Å². The third kappa shape index (κ3) is 2.72. The maximum Gasteiger partial charge on any atom is 0.252 e. The summed E-state index contributed by atoms with van der Waals surface area (Å²) in [6.07, 6.45) is 2.73. The second-order valence-electron chi connectivity index (χ2n) is 6.29. The molecule has 1 aromatic rings. The van der Waals surface area contributed by atoms with Gasteiger partial charge in [0.05, 0.1) is 10.9 Å². The van der Waals surface area contributed by atoms with Crippen LogP contribution in [-0.4, -0.2) is 62.1 Å². The zero-order chi connectivity index (χ0) is 16.0. The van der Waals surface area contributed by atoms with Crippen molar-refractivity contribution in [2.45, 2.75) is 29.5 Å². The Morgan fingerprint density at radius 2 is 2.18 bits per heavy atom. The fourth-order valence-electron chi connectivity index (χ4n) is 3.77. The molecule has 0 radical (unpaired) electrons. The number of hydrogen-bond donors (Lipinski definition) is 1. The zero-order valence-electron chi connectivity index (χ0n) is 12.5. The number of piperidine rings is 2. The monoisotopic (exact) mass is 364 g/mol. The molecule has 22 heavy (non-hydrogen) atoms. The fraction of sp³-hybridized carbons (Fsp3) is 0.714. The van der Waals surface area contributed by atoms with Crippen molar-refractivity contribution in [3.05, 3.63) is 16.5 Å². The molecule has 0 unspecified atom stereocenters. The number of hydrogen-bond acceptors (Lipinski definition) is 5. The van der Waals surface area contributed by atoms with Crippen LogP contribution < -0.4 is 0 Å². The molecular formula is C14H21ClN2O3S2. The van der Waals surface area contributed by atoms with Crippen LogP contribution in [-0.2, 0) is 10.0 Å². The van der Waals surface area contributed by atoms with E-state index in [0.29, 0.717) is 28.1 Å². The minimum Gasteiger partial charge on any atom is -0.396 e. The molecule has 2 atom stereocenters. The number of nitrogens with zero attached hydrogens (tertiary/aromatic N) is 2. The molecule has 2 fully saturated rings. The quantitative estimate of drug-likeness (QED) is 0.889. The molecule has 0 saturated carbocycles. The van der Waals surface area contributed by atoms with Gasteiger partial charge in [0.25, 0.3) is 10.0 Å². The molecule has 1 aromatic heterocycles. The highest BCUT2D eigenvalue weighted by Gasteiger charge is 2.48.